The van der Waals surface area contributed by atoms with E-state index in [-0.39, 0.29) is 22.8 Å². The maximum absolute atomic E-state index is 10.9. The predicted molar refractivity (Wildman–Crippen MR) is 88.6 cm³/mol. The number of hydrogen-bond acceptors (Lipinski definition) is 5. The van der Waals surface area contributed by atoms with Gasteiger partial charge in [0.2, 0.25) is 5.90 Å². The van der Waals surface area contributed by atoms with Crippen molar-refractivity contribution in [1.82, 2.24) is 0 Å². The molecule has 0 aromatic heterocycles. The number of aryl methyl sites for hydroxylation is 1. The summed E-state index contributed by atoms with van der Waals surface area (Å²) < 4.78 is 4.92. The lowest BCUT2D eigenvalue weighted by Gasteiger charge is -2.08. The van der Waals surface area contributed by atoms with Gasteiger partial charge in [0.25, 0.3) is 0 Å². The minimum absolute atomic E-state index is 0.00935. The summed E-state index contributed by atoms with van der Waals surface area (Å²) in [6.45, 7) is 8.92. The van der Waals surface area contributed by atoms with Crippen molar-refractivity contribution in [2.45, 2.75) is 13.0 Å². The highest BCUT2D eigenvalue weighted by atomic mass is 16.5. The second-order valence-electron chi connectivity index (χ2n) is 4.71. The normalized spacial score (nSPS) is 15.2. The number of benzene rings is 1. The maximum Gasteiger partial charge on any atom is 0.336 e. The fraction of sp³-hybridized carbons (Fsp3) is 0.176. The van der Waals surface area contributed by atoms with E-state index in [1.165, 1.54) is 24.3 Å². The molecule has 1 heterocycles. The Morgan fingerprint density at radius 2 is 1.92 bits per heavy atom. The third-order valence-electron chi connectivity index (χ3n) is 3.13. The number of carbonyl (C=O) groups excluding carboxylic acids is 1. The lowest BCUT2D eigenvalue weighted by atomic mass is 9.96. The summed E-state index contributed by atoms with van der Waals surface area (Å²) in [5.74, 6) is -1.84. The topological polar surface area (TPSA) is 113 Å². The molecule has 0 fully saturated rings. The molecule has 0 aliphatic carbocycles. The quantitative estimate of drug-likeness (QED) is 0.800. The Morgan fingerprint density at radius 1 is 1.25 bits per heavy atom. The van der Waals surface area contributed by atoms with Crippen molar-refractivity contribution in [2.24, 2.45) is 4.99 Å². The molecule has 0 saturated carbocycles. The van der Waals surface area contributed by atoms with E-state index in [1.54, 1.807) is 6.92 Å². The molecule has 1 unspecified atom stereocenters. The van der Waals surface area contributed by atoms with Crippen molar-refractivity contribution in [3.63, 3.8) is 0 Å². The monoisotopic (exact) mass is 331 g/mol. The molecule has 0 saturated heterocycles. The van der Waals surface area contributed by atoms with Crippen LogP contribution in [-0.4, -0.2) is 47.0 Å². The van der Waals surface area contributed by atoms with Crippen LogP contribution in [0.2, 0.25) is 0 Å². The molecule has 24 heavy (non-hydrogen) atoms. The van der Waals surface area contributed by atoms with Crippen molar-refractivity contribution in [3.8, 4) is 0 Å². The van der Waals surface area contributed by atoms with E-state index in [2.05, 4.69) is 18.2 Å². The second kappa shape index (κ2) is 8.42. The van der Waals surface area contributed by atoms with Gasteiger partial charge < -0.3 is 14.9 Å². The molecule has 1 aromatic carbocycles. The first-order valence-electron chi connectivity index (χ1n) is 6.87. The molecular formula is C17H17NO6. The van der Waals surface area contributed by atoms with Crippen LogP contribution in [0.1, 0.15) is 31.8 Å². The molecular weight excluding hydrogens is 314 g/mol. The minimum atomic E-state index is -1.16. The number of ether oxygens (including phenoxy) is 1. The fourth-order valence-corrected chi connectivity index (χ4v) is 2.00. The van der Waals surface area contributed by atoms with Gasteiger partial charge in [0.1, 0.15) is 0 Å². The highest BCUT2D eigenvalue weighted by molar-refractivity contribution is 6.01. The van der Waals surface area contributed by atoms with Crippen molar-refractivity contribution >= 4 is 30.2 Å². The Labute approximate surface area is 138 Å². The molecule has 7 heteroatoms. The van der Waals surface area contributed by atoms with E-state index in [0.29, 0.717) is 18.0 Å². The van der Waals surface area contributed by atoms with Crippen molar-refractivity contribution in [3.05, 3.63) is 53.6 Å². The van der Waals surface area contributed by atoms with Gasteiger partial charge in [-0.3, -0.25) is 4.79 Å². The zero-order valence-electron chi connectivity index (χ0n) is 13.1. The van der Waals surface area contributed by atoms with Crippen LogP contribution in [-0.2, 0) is 9.53 Å². The van der Waals surface area contributed by atoms with Crippen LogP contribution < -0.4 is 0 Å². The van der Waals surface area contributed by atoms with Gasteiger partial charge in [-0.1, -0.05) is 25.3 Å². The average Bonchev–Trinajstić information content (AvgIpc) is 3.02. The number of nitrogens with zero attached hydrogens (tertiary/aromatic N) is 1. The maximum atomic E-state index is 10.9. The van der Waals surface area contributed by atoms with E-state index in [9.17, 15) is 14.4 Å². The standard InChI is InChI=1S/C11H10O4.C6H7NO2/c1-3-7-8(10(12)13)5-4-6(2)9(7)11(14)15;1-2-6-7-3-5(4-8)9-6/h3-5H,1H2,2H3,(H,12,13)(H,14,15);2,4-5H,1,3H2. The lowest BCUT2D eigenvalue weighted by Crippen LogP contribution is -2.12. The number of carboxylic acids is 2. The Balaban J connectivity index is 0.000000272. The van der Waals surface area contributed by atoms with Gasteiger partial charge in [-0.25, -0.2) is 14.6 Å². The van der Waals surface area contributed by atoms with Crippen LogP contribution in [0, 0.1) is 6.92 Å². The summed E-state index contributed by atoms with van der Waals surface area (Å²) >= 11 is 0. The Hall–Kier alpha value is -3.22. The molecule has 0 bridgehead atoms. The summed E-state index contributed by atoms with van der Waals surface area (Å²) in [7, 11) is 0. The van der Waals surface area contributed by atoms with Gasteiger partial charge in [-0.2, -0.15) is 0 Å². The predicted octanol–water partition coefficient (Wildman–Crippen LogP) is 2.20. The van der Waals surface area contributed by atoms with Gasteiger partial charge >= 0.3 is 11.9 Å². The second-order valence-corrected chi connectivity index (χ2v) is 4.71. The van der Waals surface area contributed by atoms with Crippen molar-refractivity contribution in [2.75, 3.05) is 6.54 Å². The molecule has 1 aromatic rings. The molecule has 7 nitrogen and oxygen atoms in total. The van der Waals surface area contributed by atoms with Crippen LogP contribution in [0.25, 0.3) is 6.08 Å². The summed E-state index contributed by atoms with van der Waals surface area (Å²) in [5, 5.41) is 17.8. The summed E-state index contributed by atoms with van der Waals surface area (Å²) in [6.07, 6.45) is 3.10. The highest BCUT2D eigenvalue weighted by Crippen LogP contribution is 2.20. The fourth-order valence-electron chi connectivity index (χ4n) is 2.00. The Bertz CT molecular complexity index is 720. The van der Waals surface area contributed by atoms with Crippen molar-refractivity contribution < 1.29 is 29.3 Å². The molecule has 1 atom stereocenters. The van der Waals surface area contributed by atoms with Crippen LogP contribution in [0.15, 0.2) is 36.4 Å². The number of carboxylic acid groups (broad SMARTS) is 2. The van der Waals surface area contributed by atoms with Gasteiger partial charge in [-0.15, -0.1) is 0 Å². The molecule has 2 rings (SSSR count). The minimum Gasteiger partial charge on any atom is -0.478 e. The molecule has 0 spiro atoms. The van der Waals surface area contributed by atoms with E-state index in [4.69, 9.17) is 14.9 Å². The average molecular weight is 331 g/mol. The summed E-state index contributed by atoms with van der Waals surface area (Å²) in [4.78, 5) is 35.6. The number of carbonyl (C=O) groups is 3. The first-order chi connectivity index (χ1) is 11.3. The number of aromatic carboxylic acids is 2. The van der Waals surface area contributed by atoms with Crippen LogP contribution in [0.4, 0.5) is 0 Å². The van der Waals surface area contributed by atoms with E-state index in [1.807, 2.05) is 0 Å². The Morgan fingerprint density at radius 3 is 2.29 bits per heavy atom. The molecule has 126 valence electrons. The van der Waals surface area contributed by atoms with Gasteiger partial charge in [0, 0.05) is 5.56 Å². The lowest BCUT2D eigenvalue weighted by molar-refractivity contribution is -0.113. The molecule has 0 radical (unpaired) electrons. The number of hydrogen-bond donors (Lipinski definition) is 2. The summed E-state index contributed by atoms with van der Waals surface area (Å²) in [6, 6.07) is 2.85. The number of aldehydes is 1. The zero-order valence-corrected chi connectivity index (χ0v) is 13.1. The molecule has 0 amide bonds. The first kappa shape index (κ1) is 18.8. The highest BCUT2D eigenvalue weighted by Gasteiger charge is 2.18. The van der Waals surface area contributed by atoms with Gasteiger partial charge in [-0.05, 0) is 24.6 Å². The van der Waals surface area contributed by atoms with E-state index < -0.39 is 11.9 Å². The third-order valence-corrected chi connectivity index (χ3v) is 3.13. The van der Waals surface area contributed by atoms with Crippen LogP contribution in [0.5, 0.6) is 0 Å². The van der Waals surface area contributed by atoms with Crippen molar-refractivity contribution in [1.29, 1.82) is 0 Å². The zero-order chi connectivity index (χ0) is 18.3. The largest absolute Gasteiger partial charge is 0.478 e. The number of rotatable bonds is 5. The molecule has 2 N–H and O–H groups in total. The summed E-state index contributed by atoms with van der Waals surface area (Å²) in [5.41, 5.74) is 0.607. The van der Waals surface area contributed by atoms with Gasteiger partial charge in [0.05, 0.1) is 17.7 Å². The molecule has 1 aliphatic rings. The van der Waals surface area contributed by atoms with Gasteiger partial charge in [0.15, 0.2) is 12.4 Å². The van der Waals surface area contributed by atoms with E-state index >= 15 is 0 Å². The SMILES string of the molecule is C=CC1=NCC(C=O)O1.C=Cc1c(C(=O)O)ccc(C)c1C(=O)O. The van der Waals surface area contributed by atoms with Crippen LogP contribution >= 0.6 is 0 Å². The van der Waals surface area contributed by atoms with E-state index in [0.717, 1.165) is 6.29 Å². The third kappa shape index (κ3) is 4.39. The Kier molecular flexibility index (Phi) is 6.61. The smallest absolute Gasteiger partial charge is 0.336 e. The number of aliphatic imine (C=N–C) groups is 1. The van der Waals surface area contributed by atoms with Crippen LogP contribution in [0.3, 0.4) is 0 Å². The molecule has 1 aliphatic heterocycles. The first-order valence-corrected chi connectivity index (χ1v) is 6.87.